The van der Waals surface area contributed by atoms with Crippen LogP contribution in [0.3, 0.4) is 0 Å². The van der Waals surface area contributed by atoms with E-state index in [9.17, 15) is 4.79 Å². The van der Waals surface area contributed by atoms with Crippen LogP contribution in [0.4, 0.5) is 0 Å². The number of hydrogen-bond donors (Lipinski definition) is 1. The summed E-state index contributed by atoms with van der Waals surface area (Å²) in [6.45, 7) is 0. The second-order valence-electron chi connectivity index (χ2n) is 7.25. The second kappa shape index (κ2) is 8.24. The maximum atomic E-state index is 13.7. The van der Waals surface area contributed by atoms with Crippen LogP contribution in [0.15, 0.2) is 96.3 Å². The minimum absolute atomic E-state index is 0.0397. The molecular formula is C25H20N4OS. The summed E-state index contributed by atoms with van der Waals surface area (Å²) in [5, 5.41) is 9.96. The van der Waals surface area contributed by atoms with E-state index in [-0.39, 0.29) is 5.78 Å². The molecule has 0 saturated carbocycles. The third kappa shape index (κ3) is 3.66. The summed E-state index contributed by atoms with van der Waals surface area (Å²) in [5.74, 6) is 0.812. The molecule has 0 radical (unpaired) electrons. The van der Waals surface area contributed by atoms with E-state index >= 15 is 0 Å². The van der Waals surface area contributed by atoms with Gasteiger partial charge < -0.3 is 9.55 Å². The minimum Gasteiger partial charge on any atom is -0.360 e. The first-order valence-electron chi connectivity index (χ1n) is 9.99. The molecule has 2 aromatic heterocycles. The molecule has 6 heteroatoms. The van der Waals surface area contributed by atoms with E-state index in [1.807, 2.05) is 96.5 Å². The molecule has 0 fully saturated rings. The molecule has 31 heavy (non-hydrogen) atoms. The fourth-order valence-electron chi connectivity index (χ4n) is 3.68. The molecule has 0 aliphatic carbocycles. The van der Waals surface area contributed by atoms with E-state index in [0.717, 1.165) is 27.9 Å². The van der Waals surface area contributed by atoms with Crippen molar-refractivity contribution in [3.05, 3.63) is 102 Å². The lowest BCUT2D eigenvalue weighted by Gasteiger charge is -2.15. The van der Waals surface area contributed by atoms with E-state index in [0.29, 0.717) is 10.7 Å². The van der Waals surface area contributed by atoms with Gasteiger partial charge in [-0.2, -0.15) is 0 Å². The number of benzene rings is 3. The molecule has 0 unspecified atom stereocenters. The number of carbonyl (C=O) groups is 1. The Morgan fingerprint density at radius 2 is 1.58 bits per heavy atom. The highest BCUT2D eigenvalue weighted by Gasteiger charge is 2.27. The summed E-state index contributed by atoms with van der Waals surface area (Å²) in [7, 11) is 1.93. The van der Waals surface area contributed by atoms with Gasteiger partial charge in [-0.25, -0.2) is 0 Å². The molecule has 0 saturated heterocycles. The van der Waals surface area contributed by atoms with Gasteiger partial charge in [-0.15, -0.1) is 10.2 Å². The summed E-state index contributed by atoms with van der Waals surface area (Å²) < 4.78 is 1.94. The number of nitrogens with one attached hydrogen (secondary N) is 1. The molecule has 5 rings (SSSR count). The van der Waals surface area contributed by atoms with Crippen LogP contribution in [0, 0.1) is 0 Å². The van der Waals surface area contributed by atoms with Crippen molar-refractivity contribution < 1.29 is 4.79 Å². The molecule has 0 aliphatic rings. The Hall–Kier alpha value is -3.64. The van der Waals surface area contributed by atoms with Crippen molar-refractivity contribution in [3.8, 4) is 11.4 Å². The smallest absolute Gasteiger partial charge is 0.192 e. The topological polar surface area (TPSA) is 63.6 Å². The second-order valence-corrected chi connectivity index (χ2v) is 8.32. The highest BCUT2D eigenvalue weighted by molar-refractivity contribution is 8.00. The van der Waals surface area contributed by atoms with Crippen LogP contribution in [0.5, 0.6) is 0 Å². The van der Waals surface area contributed by atoms with Crippen LogP contribution < -0.4 is 0 Å². The van der Waals surface area contributed by atoms with Gasteiger partial charge in [0, 0.05) is 35.3 Å². The monoisotopic (exact) mass is 424 g/mol. The van der Waals surface area contributed by atoms with Crippen molar-refractivity contribution in [2.45, 2.75) is 10.4 Å². The third-order valence-electron chi connectivity index (χ3n) is 5.29. The first-order chi connectivity index (χ1) is 15.2. The standard InChI is InChI=1S/C25H20N4OS/c1-29-24(18-12-6-3-7-13-18)27-28-25(29)31-23(17-10-4-2-5-11-17)22(30)20-16-26-21-15-9-8-14-19(20)21/h2-16,23,26H,1H3/t23-/m1/s1. The molecule has 2 heterocycles. The quantitative estimate of drug-likeness (QED) is 0.281. The zero-order chi connectivity index (χ0) is 21.2. The van der Waals surface area contributed by atoms with Crippen molar-refractivity contribution in [1.82, 2.24) is 19.7 Å². The maximum absolute atomic E-state index is 13.7. The first kappa shape index (κ1) is 19.3. The lowest BCUT2D eigenvalue weighted by molar-refractivity contribution is 0.0991. The molecule has 1 N–H and O–H groups in total. The van der Waals surface area contributed by atoms with Gasteiger partial charge in [0.1, 0.15) is 5.25 Å². The van der Waals surface area contributed by atoms with E-state index in [1.54, 1.807) is 6.20 Å². The molecule has 3 aromatic carbocycles. The zero-order valence-corrected chi connectivity index (χ0v) is 17.7. The third-order valence-corrected chi connectivity index (χ3v) is 6.57. The molecule has 0 aliphatic heterocycles. The van der Waals surface area contributed by atoms with Crippen LogP contribution in [0.2, 0.25) is 0 Å². The largest absolute Gasteiger partial charge is 0.360 e. The van der Waals surface area contributed by atoms with Crippen molar-refractivity contribution >= 4 is 28.4 Å². The fraction of sp³-hybridized carbons (Fsp3) is 0.0800. The van der Waals surface area contributed by atoms with E-state index < -0.39 is 5.25 Å². The van der Waals surface area contributed by atoms with Gasteiger partial charge in [-0.1, -0.05) is 90.6 Å². The number of rotatable bonds is 6. The Labute approximate surface area is 184 Å². The maximum Gasteiger partial charge on any atom is 0.192 e. The van der Waals surface area contributed by atoms with Crippen LogP contribution in [0.1, 0.15) is 21.2 Å². The molecule has 152 valence electrons. The number of para-hydroxylation sites is 1. The van der Waals surface area contributed by atoms with E-state index in [1.165, 1.54) is 11.8 Å². The Kier molecular flexibility index (Phi) is 5.14. The normalized spacial score (nSPS) is 12.2. The van der Waals surface area contributed by atoms with Crippen LogP contribution >= 0.6 is 11.8 Å². The molecule has 5 aromatic rings. The van der Waals surface area contributed by atoms with Gasteiger partial charge in [-0.3, -0.25) is 4.79 Å². The number of ketones is 1. The Bertz CT molecular complexity index is 1340. The SMILES string of the molecule is Cn1c(S[C@@H](C(=O)c2c[nH]c3ccccc23)c2ccccc2)nnc1-c1ccccc1. The van der Waals surface area contributed by atoms with Crippen LogP contribution in [-0.2, 0) is 7.05 Å². The van der Waals surface area contributed by atoms with Gasteiger partial charge in [0.05, 0.1) is 0 Å². The summed E-state index contributed by atoms with van der Waals surface area (Å²) >= 11 is 1.42. The van der Waals surface area contributed by atoms with E-state index in [2.05, 4.69) is 15.2 Å². The van der Waals surface area contributed by atoms with Crippen molar-refractivity contribution in [2.24, 2.45) is 7.05 Å². The lowest BCUT2D eigenvalue weighted by atomic mass is 10.0. The summed E-state index contributed by atoms with van der Waals surface area (Å²) in [6, 6.07) is 27.6. The molecule has 1 atom stereocenters. The molecule has 0 bridgehead atoms. The average molecular weight is 425 g/mol. The fourth-order valence-corrected chi connectivity index (χ4v) is 4.75. The van der Waals surface area contributed by atoms with Gasteiger partial charge >= 0.3 is 0 Å². The number of hydrogen-bond acceptors (Lipinski definition) is 4. The summed E-state index contributed by atoms with van der Waals surface area (Å²) in [6.07, 6.45) is 1.80. The number of Topliss-reactive ketones (excluding diaryl/α,β-unsaturated/α-hetero) is 1. The number of fused-ring (bicyclic) bond motifs is 1. The minimum atomic E-state index is -0.438. The van der Waals surface area contributed by atoms with Gasteiger partial charge in [-0.05, 0) is 11.6 Å². The van der Waals surface area contributed by atoms with Crippen molar-refractivity contribution in [1.29, 1.82) is 0 Å². The number of aromatic amines is 1. The molecule has 5 nitrogen and oxygen atoms in total. The Morgan fingerprint density at radius 1 is 0.903 bits per heavy atom. The number of aromatic nitrogens is 4. The number of thioether (sulfide) groups is 1. The molecule has 0 amide bonds. The number of H-pyrrole nitrogens is 1. The number of nitrogens with zero attached hydrogens (tertiary/aromatic N) is 3. The highest BCUT2D eigenvalue weighted by atomic mass is 32.2. The first-order valence-corrected chi connectivity index (χ1v) is 10.9. The highest BCUT2D eigenvalue weighted by Crippen LogP contribution is 2.39. The van der Waals surface area contributed by atoms with Gasteiger partial charge in [0.2, 0.25) is 0 Å². The Balaban J connectivity index is 1.54. The average Bonchev–Trinajstić information content (AvgIpc) is 3.42. The van der Waals surface area contributed by atoms with Crippen LogP contribution in [-0.4, -0.2) is 25.5 Å². The molecule has 0 spiro atoms. The van der Waals surface area contributed by atoms with Crippen LogP contribution in [0.25, 0.3) is 22.3 Å². The van der Waals surface area contributed by atoms with Gasteiger partial charge in [0.25, 0.3) is 0 Å². The number of carbonyl (C=O) groups excluding carboxylic acids is 1. The van der Waals surface area contributed by atoms with Gasteiger partial charge in [0.15, 0.2) is 16.8 Å². The van der Waals surface area contributed by atoms with E-state index in [4.69, 9.17) is 0 Å². The summed E-state index contributed by atoms with van der Waals surface area (Å²) in [5.41, 5.74) is 3.56. The predicted molar refractivity (Wildman–Crippen MR) is 124 cm³/mol. The van der Waals surface area contributed by atoms with Crippen molar-refractivity contribution in [3.63, 3.8) is 0 Å². The zero-order valence-electron chi connectivity index (χ0n) is 16.9. The Morgan fingerprint density at radius 3 is 2.35 bits per heavy atom. The molecular weight excluding hydrogens is 404 g/mol. The summed E-state index contributed by atoms with van der Waals surface area (Å²) in [4.78, 5) is 16.9. The van der Waals surface area contributed by atoms with Crippen molar-refractivity contribution in [2.75, 3.05) is 0 Å². The lowest BCUT2D eigenvalue weighted by Crippen LogP contribution is -2.11. The predicted octanol–water partition coefficient (Wildman–Crippen LogP) is 5.68.